The number of unbranched alkanes of at least 4 members (excludes halogenated alkanes) is 4. The molecule has 144 valence electrons. The summed E-state index contributed by atoms with van der Waals surface area (Å²) in [7, 11) is -4.94. The summed E-state index contributed by atoms with van der Waals surface area (Å²) in [4.78, 5) is 0. The van der Waals surface area contributed by atoms with Gasteiger partial charge in [-0.25, -0.2) is 18.6 Å². The zero-order valence-corrected chi connectivity index (χ0v) is 19.8. The van der Waals surface area contributed by atoms with Crippen LogP contribution in [-0.4, -0.2) is 30.7 Å². The Morgan fingerprint density at radius 2 is 0.750 bits per heavy atom. The summed E-state index contributed by atoms with van der Waals surface area (Å²) in [5.74, 6) is 0. The van der Waals surface area contributed by atoms with Gasteiger partial charge in [0.25, 0.3) is 0 Å². The van der Waals surface area contributed by atoms with Crippen molar-refractivity contribution in [2.24, 2.45) is 0 Å². The van der Waals surface area contributed by atoms with Crippen LogP contribution in [0.5, 0.6) is 0 Å². The standard InChI is InChI=1S/C16H36N.ClHO4.ClH.Na/c1-5-9-13-17(14-10-6-2,15-11-7-3)16-12-8-4;2-1(3,4)5;;/h5-16H2,1-4H3;(H,2,3,4,5);1H;/q+1;;;+1/p-2. The maximum atomic E-state index is 8.49. The van der Waals surface area contributed by atoms with Crippen LogP contribution in [0.15, 0.2) is 0 Å². The van der Waals surface area contributed by atoms with Crippen molar-refractivity contribution in [3.05, 3.63) is 0 Å². The van der Waals surface area contributed by atoms with Gasteiger partial charge in [-0.05, 0) is 25.7 Å². The normalized spacial score (nSPS) is 11.0. The molecule has 0 fully saturated rings. The molecular weight excluding hydrogens is 364 g/mol. The van der Waals surface area contributed by atoms with Gasteiger partial charge in [0.15, 0.2) is 0 Å². The van der Waals surface area contributed by atoms with E-state index in [2.05, 4.69) is 27.7 Å². The Kier molecular flexibility index (Phi) is 28.4. The van der Waals surface area contributed by atoms with Crippen molar-refractivity contribution in [1.82, 2.24) is 0 Å². The van der Waals surface area contributed by atoms with Gasteiger partial charge in [0, 0.05) is 0 Å². The molecule has 0 heterocycles. The molecule has 0 aromatic heterocycles. The molecular formula is C16H36Cl2NNaO4. The minimum absolute atomic E-state index is 0. The molecule has 0 aromatic carbocycles. The maximum Gasteiger partial charge on any atom is 1.00 e. The monoisotopic (exact) mass is 399 g/mol. The van der Waals surface area contributed by atoms with Gasteiger partial charge in [-0.2, -0.15) is 0 Å². The number of quaternary nitrogens is 1. The van der Waals surface area contributed by atoms with Crippen molar-refractivity contribution in [3.63, 3.8) is 0 Å². The summed E-state index contributed by atoms with van der Waals surface area (Å²) < 4.78 is 35.4. The van der Waals surface area contributed by atoms with Crippen LogP contribution in [0.2, 0.25) is 0 Å². The zero-order valence-electron chi connectivity index (χ0n) is 16.3. The van der Waals surface area contributed by atoms with E-state index in [-0.39, 0.29) is 42.0 Å². The van der Waals surface area contributed by atoms with Crippen molar-refractivity contribution >= 4 is 0 Å². The average Bonchev–Trinajstić information content (AvgIpc) is 2.44. The van der Waals surface area contributed by atoms with Crippen LogP contribution in [-0.2, 0) is 0 Å². The Balaban J connectivity index is -0.000000250. The number of halogens is 2. The molecule has 0 aliphatic rings. The van der Waals surface area contributed by atoms with Crippen molar-refractivity contribution in [1.29, 1.82) is 0 Å². The molecule has 0 aliphatic heterocycles. The second-order valence-electron chi connectivity index (χ2n) is 6.03. The van der Waals surface area contributed by atoms with Gasteiger partial charge in [-0.15, -0.1) is 10.2 Å². The molecule has 0 amide bonds. The molecule has 0 radical (unpaired) electrons. The predicted molar refractivity (Wildman–Crippen MR) is 79.4 cm³/mol. The quantitative estimate of drug-likeness (QED) is 0.241. The molecule has 8 heteroatoms. The van der Waals surface area contributed by atoms with Gasteiger partial charge in [0.2, 0.25) is 0 Å². The van der Waals surface area contributed by atoms with Crippen molar-refractivity contribution < 1.29 is 75.3 Å². The van der Waals surface area contributed by atoms with Crippen LogP contribution < -0.4 is 60.6 Å². The molecule has 0 aromatic rings. The molecule has 5 nitrogen and oxygen atoms in total. The first-order valence-electron chi connectivity index (χ1n) is 8.71. The summed E-state index contributed by atoms with van der Waals surface area (Å²) in [6, 6.07) is 0. The molecule has 0 rings (SSSR count). The summed E-state index contributed by atoms with van der Waals surface area (Å²) in [6.45, 7) is 15.0. The van der Waals surface area contributed by atoms with E-state index in [0.717, 1.165) is 0 Å². The fraction of sp³-hybridized carbons (Fsp3) is 1.00. The molecule has 0 N–H and O–H groups in total. The Bertz CT molecular complexity index is 201. The molecule has 0 spiro atoms. The fourth-order valence-corrected chi connectivity index (χ4v) is 2.64. The van der Waals surface area contributed by atoms with E-state index in [0.29, 0.717) is 0 Å². The molecule has 0 atom stereocenters. The van der Waals surface area contributed by atoms with Gasteiger partial charge in [0.1, 0.15) is 0 Å². The Morgan fingerprint density at radius 3 is 0.875 bits per heavy atom. The predicted octanol–water partition coefficient (Wildman–Crippen LogP) is -5.74. The minimum Gasteiger partial charge on any atom is -1.00 e. The largest absolute Gasteiger partial charge is 1.00 e. The SMILES string of the molecule is CCCC[N+](CCCC)(CCCC)CCCC.[Cl-].[Na+].[O-][Cl+3]([O-])([O-])[O-]. The Morgan fingerprint density at radius 1 is 0.583 bits per heavy atom. The van der Waals surface area contributed by atoms with Gasteiger partial charge in [0.05, 0.1) is 26.2 Å². The van der Waals surface area contributed by atoms with E-state index in [4.69, 9.17) is 18.6 Å². The van der Waals surface area contributed by atoms with Gasteiger partial charge in [-0.1, -0.05) is 53.4 Å². The van der Waals surface area contributed by atoms with Crippen LogP contribution in [0, 0.1) is 10.2 Å². The average molecular weight is 400 g/mol. The van der Waals surface area contributed by atoms with Crippen molar-refractivity contribution in [3.8, 4) is 0 Å². The van der Waals surface area contributed by atoms with Gasteiger partial charge in [-0.3, -0.25) is 0 Å². The topological polar surface area (TPSA) is 92.2 Å². The van der Waals surface area contributed by atoms with Crippen LogP contribution in [0.4, 0.5) is 0 Å². The third-order valence-corrected chi connectivity index (χ3v) is 3.94. The van der Waals surface area contributed by atoms with Crippen molar-refractivity contribution in [2.75, 3.05) is 26.2 Å². The van der Waals surface area contributed by atoms with E-state index in [1.165, 1.54) is 82.0 Å². The summed E-state index contributed by atoms with van der Waals surface area (Å²) >= 11 is 0. The first kappa shape index (κ1) is 33.0. The minimum atomic E-state index is -4.94. The van der Waals surface area contributed by atoms with E-state index in [1.54, 1.807) is 0 Å². The van der Waals surface area contributed by atoms with Crippen LogP contribution in [0.25, 0.3) is 0 Å². The molecule has 0 unspecified atom stereocenters. The van der Waals surface area contributed by atoms with Crippen LogP contribution in [0.3, 0.4) is 0 Å². The number of hydrogen-bond donors (Lipinski definition) is 0. The van der Waals surface area contributed by atoms with Crippen LogP contribution in [0.1, 0.15) is 79.1 Å². The number of hydrogen-bond acceptors (Lipinski definition) is 4. The third kappa shape index (κ3) is 25.6. The Labute approximate surface area is 179 Å². The maximum absolute atomic E-state index is 8.49. The van der Waals surface area contributed by atoms with Gasteiger partial charge < -0.3 is 16.9 Å². The first-order valence-corrected chi connectivity index (χ1v) is 9.94. The molecule has 0 bridgehead atoms. The molecule has 24 heavy (non-hydrogen) atoms. The molecule has 0 saturated carbocycles. The molecule has 0 aliphatic carbocycles. The fourth-order valence-electron chi connectivity index (χ4n) is 2.64. The van der Waals surface area contributed by atoms with Crippen LogP contribution >= 0.6 is 0 Å². The zero-order chi connectivity index (χ0) is 17.5. The second-order valence-corrected chi connectivity index (χ2v) is 6.78. The number of nitrogens with zero attached hydrogens (tertiary/aromatic N) is 1. The van der Waals surface area contributed by atoms with E-state index in [1.807, 2.05) is 0 Å². The van der Waals surface area contributed by atoms with E-state index < -0.39 is 10.2 Å². The third-order valence-electron chi connectivity index (χ3n) is 3.94. The van der Waals surface area contributed by atoms with E-state index >= 15 is 0 Å². The van der Waals surface area contributed by atoms with Gasteiger partial charge >= 0.3 is 29.6 Å². The Hall–Kier alpha value is 1.38. The molecule has 0 saturated heterocycles. The second kappa shape index (κ2) is 20.7. The van der Waals surface area contributed by atoms with E-state index in [9.17, 15) is 0 Å². The summed E-state index contributed by atoms with van der Waals surface area (Å²) in [5, 5.41) is 0. The number of rotatable bonds is 12. The smallest absolute Gasteiger partial charge is 1.00 e. The summed E-state index contributed by atoms with van der Waals surface area (Å²) in [5.41, 5.74) is 0. The first-order chi connectivity index (χ1) is 10.2. The van der Waals surface area contributed by atoms with Crippen molar-refractivity contribution in [2.45, 2.75) is 79.1 Å². The summed E-state index contributed by atoms with van der Waals surface area (Å²) in [6.07, 6.45) is 11.1.